The van der Waals surface area contributed by atoms with Crippen LogP contribution in [-0.4, -0.2) is 33.2 Å². The number of nitrogens with one attached hydrogen (secondary N) is 2. The summed E-state index contributed by atoms with van der Waals surface area (Å²) in [6.45, 7) is 1.47. The number of ether oxygens (including phenoxy) is 3. The maximum Gasteiger partial charge on any atom is 0.341 e. The van der Waals surface area contributed by atoms with Gasteiger partial charge in [0.1, 0.15) is 5.82 Å². The predicted octanol–water partition coefficient (Wildman–Crippen LogP) is 3.54. The summed E-state index contributed by atoms with van der Waals surface area (Å²) in [6.07, 6.45) is -1.19. The number of benzene rings is 3. The molecule has 1 amide bonds. The van der Waals surface area contributed by atoms with Gasteiger partial charge in [0.05, 0.1) is 16.1 Å². The Balaban J connectivity index is 1.45. The number of carbonyl (C=O) groups is 2. The van der Waals surface area contributed by atoms with Gasteiger partial charge in [-0.25, -0.2) is 17.6 Å². The van der Waals surface area contributed by atoms with E-state index < -0.39 is 33.8 Å². The highest BCUT2D eigenvalue weighted by molar-refractivity contribution is 7.92. The molecule has 9 nitrogen and oxygen atoms in total. The van der Waals surface area contributed by atoms with E-state index in [1.165, 1.54) is 31.2 Å². The summed E-state index contributed by atoms with van der Waals surface area (Å²) in [4.78, 5) is 25.0. The third kappa shape index (κ3) is 5.09. The average Bonchev–Trinajstić information content (AvgIpc) is 3.27. The molecule has 0 aliphatic carbocycles. The number of esters is 1. The maximum atomic E-state index is 13.1. The lowest BCUT2D eigenvalue weighted by molar-refractivity contribution is -0.123. The molecule has 0 spiro atoms. The Morgan fingerprint density at radius 1 is 1.00 bits per heavy atom. The van der Waals surface area contributed by atoms with E-state index in [-0.39, 0.29) is 22.9 Å². The first kappa shape index (κ1) is 23.1. The van der Waals surface area contributed by atoms with Gasteiger partial charge in [-0.3, -0.25) is 9.52 Å². The molecule has 11 heteroatoms. The summed E-state index contributed by atoms with van der Waals surface area (Å²) in [5.41, 5.74) is 0.265. The SMILES string of the molecule is CC(OC(=O)c1ccccc1NS(=O)(=O)c1ccc(F)cc1)C(=O)Nc1ccc2c(c1)OCO2. The van der Waals surface area contributed by atoms with Crippen LogP contribution in [0.15, 0.2) is 71.6 Å². The fourth-order valence-corrected chi connectivity index (χ4v) is 4.14. The summed E-state index contributed by atoms with van der Waals surface area (Å²) in [5, 5.41) is 2.61. The van der Waals surface area contributed by atoms with Crippen LogP contribution in [0.4, 0.5) is 15.8 Å². The Morgan fingerprint density at radius 2 is 1.71 bits per heavy atom. The van der Waals surface area contributed by atoms with E-state index in [0.717, 1.165) is 24.3 Å². The van der Waals surface area contributed by atoms with Gasteiger partial charge in [-0.15, -0.1) is 0 Å². The minimum Gasteiger partial charge on any atom is -0.454 e. The van der Waals surface area contributed by atoms with Crippen LogP contribution >= 0.6 is 0 Å². The predicted molar refractivity (Wildman–Crippen MR) is 120 cm³/mol. The molecule has 1 unspecified atom stereocenters. The molecule has 0 aromatic heterocycles. The van der Waals surface area contributed by atoms with Crippen molar-refractivity contribution in [2.75, 3.05) is 16.8 Å². The molecule has 1 aliphatic heterocycles. The molecule has 4 rings (SSSR count). The van der Waals surface area contributed by atoms with Crippen LogP contribution in [0.5, 0.6) is 11.5 Å². The molecule has 1 aliphatic rings. The number of fused-ring (bicyclic) bond motifs is 1. The number of hydrogen-bond donors (Lipinski definition) is 2. The van der Waals surface area contributed by atoms with Gasteiger partial charge in [-0.2, -0.15) is 0 Å². The van der Waals surface area contributed by atoms with Crippen LogP contribution in [0.2, 0.25) is 0 Å². The van der Waals surface area contributed by atoms with Crippen LogP contribution in [0.3, 0.4) is 0 Å². The number of carbonyl (C=O) groups excluding carboxylic acids is 2. The first-order valence-corrected chi connectivity index (χ1v) is 11.5. The second-order valence-corrected chi connectivity index (χ2v) is 8.89. The summed E-state index contributed by atoms with van der Waals surface area (Å²) < 4.78 is 56.4. The zero-order chi connectivity index (χ0) is 24.3. The quantitative estimate of drug-likeness (QED) is 0.490. The second-order valence-electron chi connectivity index (χ2n) is 7.21. The molecular formula is C23H19FN2O7S. The highest BCUT2D eigenvalue weighted by Gasteiger charge is 2.24. The van der Waals surface area contributed by atoms with Crippen molar-refractivity contribution in [1.29, 1.82) is 0 Å². The van der Waals surface area contributed by atoms with E-state index >= 15 is 0 Å². The Morgan fingerprint density at radius 3 is 2.47 bits per heavy atom. The van der Waals surface area contributed by atoms with Gasteiger partial charge in [0.15, 0.2) is 17.6 Å². The van der Waals surface area contributed by atoms with Crippen LogP contribution in [0.25, 0.3) is 0 Å². The van der Waals surface area contributed by atoms with Crippen LogP contribution in [-0.2, 0) is 19.6 Å². The lowest BCUT2D eigenvalue weighted by Gasteiger charge is -2.16. The lowest BCUT2D eigenvalue weighted by Crippen LogP contribution is -2.30. The number of anilines is 2. The van der Waals surface area contributed by atoms with E-state index in [1.807, 2.05) is 0 Å². The fourth-order valence-electron chi connectivity index (χ4n) is 3.06. The van der Waals surface area contributed by atoms with Gasteiger partial charge < -0.3 is 19.5 Å². The molecule has 3 aromatic carbocycles. The molecule has 0 saturated heterocycles. The smallest absolute Gasteiger partial charge is 0.341 e. The van der Waals surface area contributed by atoms with Crippen molar-refractivity contribution in [2.45, 2.75) is 17.9 Å². The molecular weight excluding hydrogens is 467 g/mol. The number of halogens is 1. The van der Waals surface area contributed by atoms with Crippen LogP contribution in [0.1, 0.15) is 17.3 Å². The van der Waals surface area contributed by atoms with Gasteiger partial charge in [0, 0.05) is 11.8 Å². The van der Waals surface area contributed by atoms with Crippen molar-refractivity contribution in [3.05, 3.63) is 78.1 Å². The van der Waals surface area contributed by atoms with Crippen molar-refractivity contribution in [2.24, 2.45) is 0 Å². The summed E-state index contributed by atoms with van der Waals surface area (Å²) >= 11 is 0. The van der Waals surface area contributed by atoms with Crippen molar-refractivity contribution in [3.63, 3.8) is 0 Å². The van der Waals surface area contributed by atoms with Gasteiger partial charge in [-0.05, 0) is 55.5 Å². The molecule has 2 N–H and O–H groups in total. The number of rotatable bonds is 7. The Labute approximate surface area is 194 Å². The fraction of sp³-hybridized carbons (Fsp3) is 0.130. The zero-order valence-corrected chi connectivity index (χ0v) is 18.6. The van der Waals surface area contributed by atoms with Gasteiger partial charge in [0.2, 0.25) is 6.79 Å². The van der Waals surface area contributed by atoms with Gasteiger partial charge in [-0.1, -0.05) is 12.1 Å². The van der Waals surface area contributed by atoms with Crippen molar-refractivity contribution < 1.29 is 36.6 Å². The summed E-state index contributed by atoms with van der Waals surface area (Å²) in [7, 11) is -4.10. The first-order valence-electron chi connectivity index (χ1n) is 10.0. The zero-order valence-electron chi connectivity index (χ0n) is 17.8. The summed E-state index contributed by atoms with van der Waals surface area (Å²) in [6, 6.07) is 14.8. The number of hydrogen-bond acceptors (Lipinski definition) is 7. The van der Waals surface area contributed by atoms with Crippen molar-refractivity contribution in [1.82, 2.24) is 0 Å². The standard InChI is InChI=1S/C23H19FN2O7S/c1-14(22(27)25-16-8-11-20-21(12-16)32-13-31-20)33-23(28)18-4-2-3-5-19(18)26-34(29,30)17-9-6-15(24)7-10-17/h2-12,14,26H,13H2,1H3,(H,25,27). The maximum absolute atomic E-state index is 13.1. The normalized spacial score (nSPS) is 13.1. The van der Waals surface area contributed by atoms with Crippen molar-refractivity contribution >= 4 is 33.3 Å². The van der Waals surface area contributed by atoms with E-state index in [0.29, 0.717) is 17.2 Å². The number of para-hydroxylation sites is 1. The van der Waals surface area contributed by atoms with E-state index in [4.69, 9.17) is 14.2 Å². The van der Waals surface area contributed by atoms with Gasteiger partial charge in [0.25, 0.3) is 15.9 Å². The lowest BCUT2D eigenvalue weighted by atomic mass is 10.2. The largest absolute Gasteiger partial charge is 0.454 e. The molecule has 1 atom stereocenters. The Hall–Kier alpha value is -4.12. The molecule has 0 saturated carbocycles. The minimum absolute atomic E-state index is 0.0554. The average molecular weight is 486 g/mol. The highest BCUT2D eigenvalue weighted by atomic mass is 32.2. The monoisotopic (exact) mass is 486 g/mol. The molecule has 1 heterocycles. The topological polar surface area (TPSA) is 120 Å². The van der Waals surface area contributed by atoms with Crippen LogP contribution < -0.4 is 19.5 Å². The number of sulfonamides is 1. The molecule has 3 aromatic rings. The third-order valence-corrected chi connectivity index (χ3v) is 6.19. The minimum atomic E-state index is -4.10. The first-order chi connectivity index (χ1) is 16.2. The van der Waals surface area contributed by atoms with E-state index in [2.05, 4.69) is 10.0 Å². The third-order valence-electron chi connectivity index (χ3n) is 4.81. The summed E-state index contributed by atoms with van der Waals surface area (Å²) in [5.74, 6) is -1.07. The van der Waals surface area contributed by atoms with Crippen molar-refractivity contribution in [3.8, 4) is 11.5 Å². The Bertz CT molecular complexity index is 1340. The van der Waals surface area contributed by atoms with E-state index in [1.54, 1.807) is 18.2 Å². The molecule has 0 fully saturated rings. The molecule has 0 radical (unpaired) electrons. The molecule has 176 valence electrons. The van der Waals surface area contributed by atoms with Crippen LogP contribution in [0, 0.1) is 5.82 Å². The molecule has 0 bridgehead atoms. The Kier molecular flexibility index (Phi) is 6.37. The second kappa shape index (κ2) is 9.40. The molecule has 34 heavy (non-hydrogen) atoms. The number of amides is 1. The van der Waals surface area contributed by atoms with Gasteiger partial charge >= 0.3 is 5.97 Å². The highest BCUT2D eigenvalue weighted by Crippen LogP contribution is 2.34. The van der Waals surface area contributed by atoms with E-state index in [9.17, 15) is 22.4 Å².